The topological polar surface area (TPSA) is 65.6 Å². The van der Waals surface area contributed by atoms with Gasteiger partial charge in [0, 0.05) is 25.6 Å². The third-order valence-corrected chi connectivity index (χ3v) is 3.64. The van der Waals surface area contributed by atoms with Crippen molar-refractivity contribution >= 4 is 10.9 Å². The van der Waals surface area contributed by atoms with Crippen molar-refractivity contribution in [2.24, 2.45) is 13.0 Å². The first-order valence-corrected chi connectivity index (χ1v) is 6.87. The Kier molecular flexibility index (Phi) is 3.29. The van der Waals surface area contributed by atoms with Crippen molar-refractivity contribution in [1.82, 2.24) is 24.1 Å². The number of imidazole rings is 1. The summed E-state index contributed by atoms with van der Waals surface area (Å²) in [7, 11) is 1.93. The molecule has 21 heavy (non-hydrogen) atoms. The lowest BCUT2D eigenvalue weighted by Gasteiger charge is -2.23. The van der Waals surface area contributed by atoms with E-state index in [1.54, 1.807) is 35.6 Å². The van der Waals surface area contributed by atoms with E-state index in [-0.39, 0.29) is 17.5 Å². The summed E-state index contributed by atoms with van der Waals surface area (Å²) in [6.45, 7) is 4.14. The van der Waals surface area contributed by atoms with Crippen LogP contribution < -0.4 is 5.56 Å². The fourth-order valence-corrected chi connectivity index (χ4v) is 2.59. The first-order chi connectivity index (χ1) is 10.1. The Bertz CT molecular complexity index is 833. The second kappa shape index (κ2) is 5.12. The molecule has 3 heterocycles. The van der Waals surface area contributed by atoms with Crippen LogP contribution in [0.3, 0.4) is 0 Å². The normalized spacial score (nSPS) is 13.0. The highest BCUT2D eigenvalue weighted by Gasteiger charge is 2.23. The molecule has 0 aromatic carbocycles. The minimum atomic E-state index is -0.150. The van der Waals surface area contributed by atoms with Crippen LogP contribution in [0.5, 0.6) is 0 Å². The smallest absolute Gasteiger partial charge is 0.261 e. The summed E-state index contributed by atoms with van der Waals surface area (Å²) in [5, 5.41) is 0.576. The molecule has 0 spiro atoms. The molecule has 0 bridgehead atoms. The van der Waals surface area contributed by atoms with Gasteiger partial charge >= 0.3 is 0 Å². The molecule has 0 fully saturated rings. The molecule has 0 aliphatic heterocycles. The molecule has 0 N–H and O–H groups in total. The van der Waals surface area contributed by atoms with Gasteiger partial charge in [-0.3, -0.25) is 14.3 Å². The van der Waals surface area contributed by atoms with Gasteiger partial charge in [0.15, 0.2) is 0 Å². The molecular weight excluding hydrogens is 266 g/mol. The summed E-state index contributed by atoms with van der Waals surface area (Å²) in [4.78, 5) is 25.5. The van der Waals surface area contributed by atoms with E-state index in [0.29, 0.717) is 10.9 Å². The molecule has 1 atom stereocenters. The second-order valence-electron chi connectivity index (χ2n) is 5.44. The van der Waals surface area contributed by atoms with E-state index in [1.807, 2.05) is 17.8 Å². The quantitative estimate of drug-likeness (QED) is 0.735. The first kappa shape index (κ1) is 13.5. The Morgan fingerprint density at radius 3 is 2.67 bits per heavy atom. The van der Waals surface area contributed by atoms with Gasteiger partial charge in [-0.1, -0.05) is 13.8 Å². The molecule has 6 heteroatoms. The maximum atomic E-state index is 12.7. The number of hydrogen-bond acceptors (Lipinski definition) is 4. The minimum Gasteiger partial charge on any atom is -0.336 e. The number of hydrogen-bond donors (Lipinski definition) is 0. The molecular formula is C15H17N5O. The van der Waals surface area contributed by atoms with E-state index >= 15 is 0 Å². The summed E-state index contributed by atoms with van der Waals surface area (Å²) in [5.41, 5.74) is 0.546. The highest BCUT2D eigenvalue weighted by Crippen LogP contribution is 2.23. The molecule has 3 rings (SSSR count). The minimum absolute atomic E-state index is 0.0656. The third-order valence-electron chi connectivity index (χ3n) is 3.64. The lowest BCUT2D eigenvalue weighted by molar-refractivity contribution is 0.397. The number of aryl methyl sites for hydroxylation is 1. The Hall–Kier alpha value is -2.50. The average molecular weight is 283 g/mol. The highest BCUT2D eigenvalue weighted by molar-refractivity contribution is 5.75. The van der Waals surface area contributed by atoms with Crippen molar-refractivity contribution in [2.75, 3.05) is 0 Å². The van der Waals surface area contributed by atoms with Crippen LogP contribution in [0.1, 0.15) is 25.7 Å². The molecule has 0 amide bonds. The Labute approximate surface area is 122 Å². The number of fused-ring (bicyclic) bond motifs is 1. The molecule has 0 radical (unpaired) electrons. The van der Waals surface area contributed by atoms with E-state index in [9.17, 15) is 4.79 Å². The van der Waals surface area contributed by atoms with Crippen LogP contribution in [-0.2, 0) is 7.05 Å². The zero-order valence-electron chi connectivity index (χ0n) is 12.3. The van der Waals surface area contributed by atoms with Crippen molar-refractivity contribution in [3.63, 3.8) is 0 Å². The van der Waals surface area contributed by atoms with Gasteiger partial charge in [0.1, 0.15) is 5.82 Å². The fraction of sp³-hybridized carbons (Fsp3) is 0.333. The molecule has 0 aliphatic rings. The van der Waals surface area contributed by atoms with Gasteiger partial charge in [-0.25, -0.2) is 9.97 Å². The number of pyridine rings is 1. The van der Waals surface area contributed by atoms with Crippen LogP contribution in [0.4, 0.5) is 0 Å². The maximum Gasteiger partial charge on any atom is 0.261 e. The number of nitrogens with zero attached hydrogens (tertiary/aromatic N) is 5. The van der Waals surface area contributed by atoms with Crippen LogP contribution >= 0.6 is 0 Å². The summed E-state index contributed by atoms with van der Waals surface area (Å²) < 4.78 is 3.60. The van der Waals surface area contributed by atoms with Gasteiger partial charge in [-0.2, -0.15) is 0 Å². The largest absolute Gasteiger partial charge is 0.336 e. The van der Waals surface area contributed by atoms with Gasteiger partial charge in [-0.15, -0.1) is 0 Å². The van der Waals surface area contributed by atoms with Crippen molar-refractivity contribution in [3.8, 4) is 0 Å². The van der Waals surface area contributed by atoms with Crippen LogP contribution in [0.25, 0.3) is 10.9 Å². The molecule has 0 saturated carbocycles. The SMILES string of the molecule is CC(C)[C@H](c1nccn1C)n1cnc2cnccc2c1=O. The van der Waals surface area contributed by atoms with Gasteiger partial charge in [0.25, 0.3) is 5.56 Å². The van der Waals surface area contributed by atoms with Crippen molar-refractivity contribution in [1.29, 1.82) is 0 Å². The fourth-order valence-electron chi connectivity index (χ4n) is 2.59. The first-order valence-electron chi connectivity index (χ1n) is 6.87. The lowest BCUT2D eigenvalue weighted by atomic mass is 10.0. The van der Waals surface area contributed by atoms with Crippen molar-refractivity contribution in [3.05, 3.63) is 53.4 Å². The Balaban J connectivity index is 2.24. The zero-order valence-corrected chi connectivity index (χ0v) is 12.3. The van der Waals surface area contributed by atoms with Crippen LogP contribution in [0.2, 0.25) is 0 Å². The standard InChI is InChI=1S/C15H17N5O/c1-10(2)13(14-17-6-7-19(14)3)20-9-18-12-8-16-5-4-11(12)15(20)21/h4-10,13H,1-3H3/t13-/m1/s1. The molecule has 3 aromatic heterocycles. The summed E-state index contributed by atoms with van der Waals surface area (Å²) >= 11 is 0. The van der Waals surface area contributed by atoms with Crippen LogP contribution in [0, 0.1) is 5.92 Å². The lowest BCUT2D eigenvalue weighted by Crippen LogP contribution is -2.30. The van der Waals surface area contributed by atoms with E-state index < -0.39 is 0 Å². The summed E-state index contributed by atoms with van der Waals surface area (Å²) in [6, 6.07) is 1.55. The summed E-state index contributed by atoms with van der Waals surface area (Å²) in [6.07, 6.45) is 8.43. The molecule has 3 aromatic rings. The Morgan fingerprint density at radius 2 is 2.00 bits per heavy atom. The molecule has 6 nitrogen and oxygen atoms in total. The number of rotatable bonds is 3. The highest BCUT2D eigenvalue weighted by atomic mass is 16.1. The van der Waals surface area contributed by atoms with Gasteiger partial charge < -0.3 is 4.57 Å². The molecule has 0 saturated heterocycles. The van der Waals surface area contributed by atoms with Crippen molar-refractivity contribution in [2.45, 2.75) is 19.9 Å². The zero-order chi connectivity index (χ0) is 15.0. The summed E-state index contributed by atoms with van der Waals surface area (Å²) in [5.74, 6) is 1.06. The van der Waals surface area contributed by atoms with E-state index in [4.69, 9.17) is 0 Å². The van der Waals surface area contributed by atoms with Crippen molar-refractivity contribution < 1.29 is 0 Å². The average Bonchev–Trinajstić information content (AvgIpc) is 2.88. The predicted octanol–water partition coefficient (Wildman–Crippen LogP) is 1.77. The van der Waals surface area contributed by atoms with Gasteiger partial charge in [0.05, 0.1) is 29.5 Å². The van der Waals surface area contributed by atoms with Crippen LogP contribution in [-0.4, -0.2) is 24.1 Å². The Morgan fingerprint density at radius 1 is 1.19 bits per heavy atom. The predicted molar refractivity (Wildman–Crippen MR) is 80.0 cm³/mol. The molecule has 0 unspecified atom stereocenters. The third kappa shape index (κ3) is 2.22. The molecule has 0 aliphatic carbocycles. The van der Waals surface area contributed by atoms with Crippen LogP contribution in [0.15, 0.2) is 42.0 Å². The monoisotopic (exact) mass is 283 g/mol. The van der Waals surface area contributed by atoms with E-state index in [1.165, 1.54) is 0 Å². The van der Waals surface area contributed by atoms with E-state index in [2.05, 4.69) is 28.8 Å². The molecule has 108 valence electrons. The maximum absolute atomic E-state index is 12.7. The number of aromatic nitrogens is 5. The second-order valence-corrected chi connectivity index (χ2v) is 5.44. The van der Waals surface area contributed by atoms with E-state index in [0.717, 1.165) is 5.82 Å². The van der Waals surface area contributed by atoms with Gasteiger partial charge in [0.2, 0.25) is 0 Å². The van der Waals surface area contributed by atoms with Gasteiger partial charge in [-0.05, 0) is 12.0 Å².